The second-order valence-electron chi connectivity index (χ2n) is 6.50. The van der Waals surface area contributed by atoms with E-state index < -0.39 is 5.60 Å². The molecule has 5 heteroatoms. The van der Waals surface area contributed by atoms with Crippen molar-refractivity contribution in [1.29, 1.82) is 0 Å². The second-order valence-corrected chi connectivity index (χ2v) is 6.50. The van der Waals surface area contributed by atoms with Gasteiger partial charge in [0.15, 0.2) is 0 Å². The zero-order chi connectivity index (χ0) is 15.0. The summed E-state index contributed by atoms with van der Waals surface area (Å²) in [5.41, 5.74) is -0.427. The Bertz CT molecular complexity index is 281. The SMILES string of the molecule is CCCN1CCC(NCCNC(=O)OC(C)(C)C)CC1. The molecule has 1 heterocycles. The van der Waals surface area contributed by atoms with Crippen molar-refractivity contribution in [3.8, 4) is 0 Å². The number of nitrogens with one attached hydrogen (secondary N) is 2. The van der Waals surface area contributed by atoms with Crippen molar-refractivity contribution in [3.05, 3.63) is 0 Å². The standard InChI is InChI=1S/C15H31N3O2/c1-5-10-18-11-6-13(7-12-18)16-8-9-17-14(19)20-15(2,3)4/h13,16H,5-12H2,1-4H3,(H,17,19). The molecule has 1 amide bonds. The summed E-state index contributed by atoms with van der Waals surface area (Å²) in [4.78, 5) is 14.0. The van der Waals surface area contributed by atoms with Gasteiger partial charge in [-0.3, -0.25) is 0 Å². The smallest absolute Gasteiger partial charge is 0.407 e. The first-order chi connectivity index (χ1) is 9.40. The molecular formula is C15H31N3O2. The normalized spacial score (nSPS) is 18.0. The topological polar surface area (TPSA) is 53.6 Å². The Morgan fingerprint density at radius 3 is 2.45 bits per heavy atom. The summed E-state index contributed by atoms with van der Waals surface area (Å²) in [5.74, 6) is 0. The van der Waals surface area contributed by atoms with Gasteiger partial charge in [0.2, 0.25) is 0 Å². The summed E-state index contributed by atoms with van der Waals surface area (Å²) in [5, 5.41) is 6.28. The van der Waals surface area contributed by atoms with Gasteiger partial charge in [0.1, 0.15) is 5.60 Å². The highest BCUT2D eigenvalue weighted by atomic mass is 16.6. The van der Waals surface area contributed by atoms with Gasteiger partial charge in [-0.2, -0.15) is 0 Å². The van der Waals surface area contributed by atoms with Crippen LogP contribution in [0, 0.1) is 0 Å². The van der Waals surface area contributed by atoms with E-state index in [1.54, 1.807) is 0 Å². The van der Waals surface area contributed by atoms with E-state index in [4.69, 9.17) is 4.74 Å². The number of amides is 1. The Labute approximate surface area is 123 Å². The quantitative estimate of drug-likeness (QED) is 0.733. The van der Waals surface area contributed by atoms with Gasteiger partial charge in [-0.25, -0.2) is 4.79 Å². The van der Waals surface area contributed by atoms with Crippen LogP contribution in [0.4, 0.5) is 4.79 Å². The van der Waals surface area contributed by atoms with Crippen molar-refractivity contribution >= 4 is 6.09 Å². The highest BCUT2D eigenvalue weighted by Gasteiger charge is 2.18. The number of carbonyl (C=O) groups is 1. The van der Waals surface area contributed by atoms with E-state index in [9.17, 15) is 4.79 Å². The third kappa shape index (κ3) is 7.70. The lowest BCUT2D eigenvalue weighted by atomic mass is 10.1. The summed E-state index contributed by atoms with van der Waals surface area (Å²) in [6.45, 7) is 12.8. The van der Waals surface area contributed by atoms with Gasteiger partial charge >= 0.3 is 6.09 Å². The van der Waals surface area contributed by atoms with Crippen LogP contribution in [0.2, 0.25) is 0 Å². The molecular weight excluding hydrogens is 254 g/mol. The molecule has 0 spiro atoms. The minimum atomic E-state index is -0.427. The van der Waals surface area contributed by atoms with Gasteiger partial charge in [0.05, 0.1) is 0 Å². The van der Waals surface area contributed by atoms with Gasteiger partial charge in [-0.15, -0.1) is 0 Å². The zero-order valence-corrected chi connectivity index (χ0v) is 13.5. The number of alkyl carbamates (subject to hydrolysis) is 1. The van der Waals surface area contributed by atoms with Crippen LogP contribution < -0.4 is 10.6 Å². The largest absolute Gasteiger partial charge is 0.444 e. The zero-order valence-electron chi connectivity index (χ0n) is 13.5. The van der Waals surface area contributed by atoms with Crippen molar-refractivity contribution in [2.24, 2.45) is 0 Å². The van der Waals surface area contributed by atoms with E-state index in [0.29, 0.717) is 12.6 Å². The second kappa shape index (κ2) is 8.47. The molecule has 1 saturated heterocycles. The lowest BCUT2D eigenvalue weighted by molar-refractivity contribution is 0.0527. The number of rotatable bonds is 6. The molecule has 2 N–H and O–H groups in total. The summed E-state index contributed by atoms with van der Waals surface area (Å²) >= 11 is 0. The van der Waals surface area contributed by atoms with E-state index in [0.717, 1.165) is 6.54 Å². The van der Waals surface area contributed by atoms with Gasteiger partial charge in [-0.1, -0.05) is 6.92 Å². The minimum Gasteiger partial charge on any atom is -0.444 e. The fraction of sp³-hybridized carbons (Fsp3) is 0.933. The number of piperidine rings is 1. The third-order valence-corrected chi connectivity index (χ3v) is 3.35. The van der Waals surface area contributed by atoms with Crippen molar-refractivity contribution in [1.82, 2.24) is 15.5 Å². The Hall–Kier alpha value is -0.810. The number of hydrogen-bond acceptors (Lipinski definition) is 4. The maximum absolute atomic E-state index is 11.5. The molecule has 118 valence electrons. The van der Waals surface area contributed by atoms with Crippen LogP contribution in [0.3, 0.4) is 0 Å². The highest BCUT2D eigenvalue weighted by molar-refractivity contribution is 5.67. The predicted octanol–water partition coefficient (Wildman–Crippen LogP) is 1.98. The number of ether oxygens (including phenoxy) is 1. The fourth-order valence-electron chi connectivity index (χ4n) is 2.43. The number of likely N-dealkylation sites (tertiary alicyclic amines) is 1. The Morgan fingerprint density at radius 1 is 1.25 bits per heavy atom. The van der Waals surface area contributed by atoms with Crippen LogP contribution in [0.15, 0.2) is 0 Å². The molecule has 1 rings (SSSR count). The van der Waals surface area contributed by atoms with Crippen LogP contribution in [0.25, 0.3) is 0 Å². The molecule has 0 radical (unpaired) electrons. The average Bonchev–Trinajstić information content (AvgIpc) is 2.35. The third-order valence-electron chi connectivity index (χ3n) is 3.35. The van der Waals surface area contributed by atoms with Gasteiger partial charge < -0.3 is 20.3 Å². The number of carbonyl (C=O) groups excluding carboxylic acids is 1. The first-order valence-electron chi connectivity index (χ1n) is 7.83. The van der Waals surface area contributed by atoms with E-state index in [1.165, 1.54) is 38.9 Å². The van der Waals surface area contributed by atoms with Crippen LogP contribution in [0.1, 0.15) is 47.0 Å². The molecule has 0 unspecified atom stereocenters. The Kier molecular flexibility index (Phi) is 7.30. The van der Waals surface area contributed by atoms with Gasteiger partial charge in [-0.05, 0) is 59.7 Å². The van der Waals surface area contributed by atoms with E-state index in [1.807, 2.05) is 20.8 Å². The van der Waals surface area contributed by atoms with Crippen LogP contribution in [0.5, 0.6) is 0 Å². The molecule has 1 aliphatic rings. The van der Waals surface area contributed by atoms with E-state index >= 15 is 0 Å². The molecule has 0 aromatic carbocycles. The molecule has 0 aromatic rings. The predicted molar refractivity (Wildman–Crippen MR) is 82.0 cm³/mol. The van der Waals surface area contributed by atoms with Crippen LogP contribution >= 0.6 is 0 Å². The summed E-state index contributed by atoms with van der Waals surface area (Å²) in [6, 6.07) is 0.587. The Morgan fingerprint density at radius 2 is 1.90 bits per heavy atom. The maximum Gasteiger partial charge on any atom is 0.407 e. The minimum absolute atomic E-state index is 0.336. The van der Waals surface area contributed by atoms with Crippen LogP contribution in [-0.4, -0.2) is 55.4 Å². The molecule has 1 aliphatic heterocycles. The molecule has 0 aromatic heterocycles. The first-order valence-corrected chi connectivity index (χ1v) is 7.83. The summed E-state index contributed by atoms with van der Waals surface area (Å²) in [6.07, 6.45) is 3.30. The van der Waals surface area contributed by atoms with Crippen molar-refractivity contribution in [2.45, 2.75) is 58.6 Å². The molecule has 20 heavy (non-hydrogen) atoms. The van der Waals surface area contributed by atoms with Gasteiger partial charge in [0.25, 0.3) is 0 Å². The van der Waals surface area contributed by atoms with Crippen LogP contribution in [-0.2, 0) is 4.74 Å². The lowest BCUT2D eigenvalue weighted by Gasteiger charge is -2.32. The van der Waals surface area contributed by atoms with E-state index in [-0.39, 0.29) is 6.09 Å². The van der Waals surface area contributed by atoms with Crippen molar-refractivity contribution in [2.75, 3.05) is 32.7 Å². The molecule has 0 bridgehead atoms. The Balaban J connectivity index is 2.04. The first kappa shape index (κ1) is 17.2. The molecule has 0 atom stereocenters. The summed E-state index contributed by atoms with van der Waals surface area (Å²) in [7, 11) is 0. The molecule has 0 aliphatic carbocycles. The molecule has 1 fully saturated rings. The molecule has 5 nitrogen and oxygen atoms in total. The highest BCUT2D eigenvalue weighted by Crippen LogP contribution is 2.10. The van der Waals surface area contributed by atoms with Crippen molar-refractivity contribution in [3.63, 3.8) is 0 Å². The lowest BCUT2D eigenvalue weighted by Crippen LogP contribution is -2.45. The fourth-order valence-corrected chi connectivity index (χ4v) is 2.43. The number of nitrogens with zero attached hydrogens (tertiary/aromatic N) is 1. The summed E-state index contributed by atoms with van der Waals surface area (Å²) < 4.78 is 5.19. The van der Waals surface area contributed by atoms with Crippen molar-refractivity contribution < 1.29 is 9.53 Å². The molecule has 0 saturated carbocycles. The van der Waals surface area contributed by atoms with E-state index in [2.05, 4.69) is 22.5 Å². The monoisotopic (exact) mass is 285 g/mol. The average molecular weight is 285 g/mol. The van der Waals surface area contributed by atoms with Gasteiger partial charge in [0, 0.05) is 19.1 Å². The maximum atomic E-state index is 11.5. The number of hydrogen-bond donors (Lipinski definition) is 2.